The van der Waals surface area contributed by atoms with Gasteiger partial charge in [0.05, 0.1) is 0 Å². The molecule has 2 aromatic carbocycles. The summed E-state index contributed by atoms with van der Waals surface area (Å²) in [4.78, 5) is 0. The summed E-state index contributed by atoms with van der Waals surface area (Å²) < 4.78 is 1.05. The molecule has 0 heterocycles. The van der Waals surface area contributed by atoms with Crippen LogP contribution in [-0.2, 0) is 6.42 Å². The minimum absolute atomic E-state index is 0.0340. The van der Waals surface area contributed by atoms with E-state index in [2.05, 4.69) is 28.9 Å². The Bertz CT molecular complexity index is 702. The number of hydrogen-bond acceptors (Lipinski definition) is 2. The standard InChI is InChI=1S/C20H23BrClNO/c1-2-3-7-17(23)12-15(11-14-6-4-5-8-19(14)21)18-13-16(22)9-10-20(18)24/h4-6,8-10,13,15,23-24H,2-3,7,11-12H2,1H3. The lowest BCUT2D eigenvalue weighted by Crippen LogP contribution is -2.10. The van der Waals surface area contributed by atoms with E-state index in [0.717, 1.165) is 41.4 Å². The molecular formula is C20H23BrClNO. The van der Waals surface area contributed by atoms with Crippen molar-refractivity contribution in [2.45, 2.75) is 44.9 Å². The number of benzene rings is 2. The number of rotatable bonds is 8. The van der Waals surface area contributed by atoms with E-state index >= 15 is 0 Å². The van der Waals surface area contributed by atoms with Crippen molar-refractivity contribution in [1.82, 2.24) is 0 Å². The maximum Gasteiger partial charge on any atom is 0.119 e. The first-order chi connectivity index (χ1) is 11.5. The first-order valence-corrected chi connectivity index (χ1v) is 9.46. The van der Waals surface area contributed by atoms with E-state index < -0.39 is 0 Å². The number of unbranched alkanes of at least 4 members (excludes halogenated alkanes) is 1. The second-order valence-electron chi connectivity index (χ2n) is 6.11. The van der Waals surface area contributed by atoms with Crippen molar-refractivity contribution in [3.05, 3.63) is 63.1 Å². The van der Waals surface area contributed by atoms with Gasteiger partial charge in [0, 0.05) is 15.2 Å². The van der Waals surface area contributed by atoms with Crippen molar-refractivity contribution in [3.63, 3.8) is 0 Å². The van der Waals surface area contributed by atoms with Crippen LogP contribution in [0.5, 0.6) is 5.75 Å². The molecule has 0 aliphatic rings. The van der Waals surface area contributed by atoms with Crippen molar-refractivity contribution in [2.24, 2.45) is 0 Å². The van der Waals surface area contributed by atoms with Crippen LogP contribution in [0.25, 0.3) is 0 Å². The normalized spacial score (nSPS) is 12.1. The smallest absolute Gasteiger partial charge is 0.119 e. The van der Waals surface area contributed by atoms with Crippen LogP contribution in [0.1, 0.15) is 49.7 Å². The molecule has 2 aromatic rings. The molecule has 0 saturated heterocycles. The molecule has 2 N–H and O–H groups in total. The summed E-state index contributed by atoms with van der Waals surface area (Å²) in [6.45, 7) is 2.13. The summed E-state index contributed by atoms with van der Waals surface area (Å²) in [5.74, 6) is 0.284. The summed E-state index contributed by atoms with van der Waals surface area (Å²) in [7, 11) is 0. The SMILES string of the molecule is CCCCC(=N)CC(Cc1ccccc1Br)c1cc(Cl)ccc1O. The largest absolute Gasteiger partial charge is 0.508 e. The highest BCUT2D eigenvalue weighted by atomic mass is 79.9. The van der Waals surface area contributed by atoms with Crippen LogP contribution >= 0.6 is 27.5 Å². The Morgan fingerprint density at radius 1 is 1.25 bits per heavy atom. The Balaban J connectivity index is 2.29. The zero-order valence-corrected chi connectivity index (χ0v) is 16.2. The van der Waals surface area contributed by atoms with Gasteiger partial charge in [0.15, 0.2) is 0 Å². The van der Waals surface area contributed by atoms with Crippen LogP contribution in [0.3, 0.4) is 0 Å². The van der Waals surface area contributed by atoms with E-state index in [0.29, 0.717) is 11.4 Å². The molecule has 2 nitrogen and oxygen atoms in total. The van der Waals surface area contributed by atoms with E-state index in [1.807, 2.05) is 24.3 Å². The van der Waals surface area contributed by atoms with Crippen LogP contribution in [0.15, 0.2) is 46.9 Å². The van der Waals surface area contributed by atoms with E-state index in [4.69, 9.17) is 17.0 Å². The lowest BCUT2D eigenvalue weighted by Gasteiger charge is -2.20. The van der Waals surface area contributed by atoms with Gasteiger partial charge in [0.1, 0.15) is 5.75 Å². The van der Waals surface area contributed by atoms with E-state index in [1.54, 1.807) is 12.1 Å². The second kappa shape index (κ2) is 9.24. The third-order valence-corrected chi connectivity index (χ3v) is 5.19. The van der Waals surface area contributed by atoms with Crippen molar-refractivity contribution < 1.29 is 5.11 Å². The van der Waals surface area contributed by atoms with Gasteiger partial charge >= 0.3 is 0 Å². The Kier molecular flexibility index (Phi) is 7.32. The van der Waals surface area contributed by atoms with E-state index in [9.17, 15) is 5.11 Å². The molecule has 0 spiro atoms. The van der Waals surface area contributed by atoms with Crippen LogP contribution in [-0.4, -0.2) is 10.8 Å². The maximum absolute atomic E-state index is 10.3. The first-order valence-electron chi connectivity index (χ1n) is 8.29. The third kappa shape index (κ3) is 5.35. The summed E-state index contributed by atoms with van der Waals surface area (Å²) in [6, 6.07) is 13.3. The van der Waals surface area contributed by atoms with Gasteiger partial charge in [0.25, 0.3) is 0 Å². The molecule has 4 heteroatoms. The number of nitrogens with one attached hydrogen (secondary N) is 1. The Labute approximate surface area is 157 Å². The molecule has 0 saturated carbocycles. The molecule has 0 aromatic heterocycles. The number of phenolic OH excluding ortho intramolecular Hbond substituents is 1. The molecule has 0 fully saturated rings. The highest BCUT2D eigenvalue weighted by molar-refractivity contribution is 9.10. The van der Waals surface area contributed by atoms with Gasteiger partial charge in [0.2, 0.25) is 0 Å². The van der Waals surface area contributed by atoms with Gasteiger partial charge in [-0.15, -0.1) is 0 Å². The van der Waals surface area contributed by atoms with Crippen molar-refractivity contribution in [3.8, 4) is 5.75 Å². The van der Waals surface area contributed by atoms with Crippen molar-refractivity contribution in [2.75, 3.05) is 0 Å². The second-order valence-corrected chi connectivity index (χ2v) is 7.40. The van der Waals surface area contributed by atoms with Gasteiger partial charge in [-0.2, -0.15) is 0 Å². The zero-order valence-electron chi connectivity index (χ0n) is 13.9. The van der Waals surface area contributed by atoms with Crippen LogP contribution in [0.2, 0.25) is 5.02 Å². The number of halogens is 2. The first kappa shape index (κ1) is 19.0. The maximum atomic E-state index is 10.3. The molecule has 24 heavy (non-hydrogen) atoms. The highest BCUT2D eigenvalue weighted by Crippen LogP contribution is 2.35. The summed E-state index contributed by atoms with van der Waals surface area (Å²) in [5, 5.41) is 19.2. The fraction of sp³-hybridized carbons (Fsp3) is 0.350. The molecular weight excluding hydrogens is 386 g/mol. The Morgan fingerprint density at radius 2 is 2.00 bits per heavy atom. The molecule has 128 valence electrons. The summed E-state index contributed by atoms with van der Waals surface area (Å²) >= 11 is 9.74. The lowest BCUT2D eigenvalue weighted by molar-refractivity contribution is 0.460. The number of hydrogen-bond donors (Lipinski definition) is 2. The molecule has 1 unspecified atom stereocenters. The molecule has 0 aliphatic heterocycles. The molecule has 0 aliphatic carbocycles. The van der Waals surface area contributed by atoms with E-state index in [-0.39, 0.29) is 11.7 Å². The predicted molar refractivity (Wildman–Crippen MR) is 106 cm³/mol. The van der Waals surface area contributed by atoms with Crippen LogP contribution < -0.4 is 0 Å². The van der Waals surface area contributed by atoms with Gasteiger partial charge in [-0.3, -0.25) is 0 Å². The molecule has 0 amide bonds. The Morgan fingerprint density at radius 3 is 2.71 bits per heavy atom. The molecule has 0 radical (unpaired) electrons. The summed E-state index contributed by atoms with van der Waals surface area (Å²) in [5.41, 5.74) is 2.72. The van der Waals surface area contributed by atoms with Gasteiger partial charge in [-0.25, -0.2) is 0 Å². The quantitative estimate of drug-likeness (QED) is 0.467. The molecule has 1 atom stereocenters. The van der Waals surface area contributed by atoms with E-state index in [1.165, 1.54) is 5.56 Å². The fourth-order valence-corrected chi connectivity index (χ4v) is 3.49. The van der Waals surface area contributed by atoms with Crippen LogP contribution in [0.4, 0.5) is 0 Å². The van der Waals surface area contributed by atoms with Gasteiger partial charge < -0.3 is 10.5 Å². The number of phenols is 1. The van der Waals surface area contributed by atoms with Crippen LogP contribution in [0, 0.1) is 5.41 Å². The Hall–Kier alpha value is -1.32. The lowest BCUT2D eigenvalue weighted by atomic mass is 9.86. The molecule has 0 bridgehead atoms. The van der Waals surface area contributed by atoms with Gasteiger partial charge in [-0.05, 0) is 67.0 Å². The van der Waals surface area contributed by atoms with Crippen molar-refractivity contribution in [1.29, 1.82) is 5.41 Å². The minimum atomic E-state index is 0.0340. The average molecular weight is 409 g/mol. The van der Waals surface area contributed by atoms with Crippen molar-refractivity contribution >= 4 is 33.2 Å². The number of aromatic hydroxyl groups is 1. The topological polar surface area (TPSA) is 44.1 Å². The summed E-state index contributed by atoms with van der Waals surface area (Å²) in [6.07, 6.45) is 4.31. The fourth-order valence-electron chi connectivity index (χ4n) is 2.86. The third-order valence-electron chi connectivity index (χ3n) is 4.18. The molecule has 2 rings (SSSR count). The predicted octanol–water partition coefficient (Wildman–Crippen LogP) is 6.73. The average Bonchev–Trinajstić information content (AvgIpc) is 2.56. The minimum Gasteiger partial charge on any atom is -0.508 e. The monoisotopic (exact) mass is 407 g/mol. The zero-order chi connectivity index (χ0) is 17.5. The van der Waals surface area contributed by atoms with Gasteiger partial charge in [-0.1, -0.05) is 59.1 Å². The highest BCUT2D eigenvalue weighted by Gasteiger charge is 2.19.